The summed E-state index contributed by atoms with van der Waals surface area (Å²) in [5.41, 5.74) is 0. The SMILES string of the molecule is Cl[CH2][Ti]([C]1=CC=CC1)[C]1=CC=CC1. The van der Waals surface area contributed by atoms with Gasteiger partial charge in [-0.3, -0.25) is 0 Å². The third-order valence-electron chi connectivity index (χ3n) is 2.45. The predicted molar refractivity (Wildman–Crippen MR) is 54.4 cm³/mol. The van der Waals surface area contributed by atoms with Gasteiger partial charge in [-0.15, -0.1) is 0 Å². The minimum atomic E-state index is -1.24. The van der Waals surface area contributed by atoms with Crippen LogP contribution in [-0.4, -0.2) is 4.18 Å². The number of rotatable bonds is 3. The molecule has 2 aliphatic rings. The van der Waals surface area contributed by atoms with E-state index in [2.05, 4.69) is 36.5 Å². The molecular weight excluding hydrogens is 215 g/mol. The summed E-state index contributed by atoms with van der Waals surface area (Å²) in [6.07, 6.45) is 15.7. The summed E-state index contributed by atoms with van der Waals surface area (Å²) in [5, 5.41) is 0. The van der Waals surface area contributed by atoms with Gasteiger partial charge in [-0.1, -0.05) is 0 Å². The van der Waals surface area contributed by atoms with Crippen molar-refractivity contribution in [3.8, 4) is 0 Å². The van der Waals surface area contributed by atoms with Crippen LogP contribution in [0.1, 0.15) is 12.8 Å². The van der Waals surface area contributed by atoms with Crippen LogP contribution in [0.4, 0.5) is 0 Å². The van der Waals surface area contributed by atoms with E-state index < -0.39 is 17.9 Å². The van der Waals surface area contributed by atoms with Crippen LogP contribution in [0.25, 0.3) is 0 Å². The molecule has 0 aliphatic heterocycles. The molecule has 67 valence electrons. The fourth-order valence-electron chi connectivity index (χ4n) is 1.72. The van der Waals surface area contributed by atoms with E-state index in [-0.39, 0.29) is 0 Å². The van der Waals surface area contributed by atoms with E-state index in [0.717, 1.165) is 17.0 Å². The number of allylic oxidation sites excluding steroid dienone is 8. The summed E-state index contributed by atoms with van der Waals surface area (Å²) in [5.74, 6) is 0. The summed E-state index contributed by atoms with van der Waals surface area (Å²) in [6, 6.07) is 0. The number of alkyl halides is 1. The second-order valence-electron chi connectivity index (χ2n) is 3.26. The van der Waals surface area contributed by atoms with E-state index in [0.29, 0.717) is 0 Å². The van der Waals surface area contributed by atoms with E-state index in [4.69, 9.17) is 11.6 Å². The van der Waals surface area contributed by atoms with E-state index in [1.165, 1.54) is 0 Å². The molecule has 0 bridgehead atoms. The van der Waals surface area contributed by atoms with Gasteiger partial charge in [0.05, 0.1) is 0 Å². The van der Waals surface area contributed by atoms with Crippen molar-refractivity contribution in [2.75, 3.05) is 4.18 Å². The van der Waals surface area contributed by atoms with Crippen molar-refractivity contribution in [2.24, 2.45) is 0 Å². The van der Waals surface area contributed by atoms with Crippen molar-refractivity contribution in [3.63, 3.8) is 0 Å². The topological polar surface area (TPSA) is 0 Å². The van der Waals surface area contributed by atoms with Crippen LogP contribution >= 0.6 is 11.6 Å². The fraction of sp³-hybridized carbons (Fsp3) is 0.273. The average molecular weight is 228 g/mol. The number of hydrogen-bond acceptors (Lipinski definition) is 0. The molecule has 0 N–H and O–H groups in total. The van der Waals surface area contributed by atoms with Crippen molar-refractivity contribution in [2.45, 2.75) is 12.8 Å². The summed E-state index contributed by atoms with van der Waals surface area (Å²) in [6.45, 7) is 0. The van der Waals surface area contributed by atoms with Gasteiger partial charge in [0.1, 0.15) is 0 Å². The van der Waals surface area contributed by atoms with Crippen LogP contribution in [0.5, 0.6) is 0 Å². The van der Waals surface area contributed by atoms with Crippen molar-refractivity contribution in [1.29, 1.82) is 0 Å². The van der Waals surface area contributed by atoms with Crippen LogP contribution in [0.3, 0.4) is 0 Å². The molecule has 2 aliphatic carbocycles. The van der Waals surface area contributed by atoms with Crippen LogP contribution in [0, 0.1) is 0 Å². The Hall–Kier alpha value is -0.0357. The molecule has 0 radical (unpaired) electrons. The Morgan fingerprint density at radius 1 is 1.08 bits per heavy atom. The van der Waals surface area contributed by atoms with Gasteiger partial charge in [0.25, 0.3) is 0 Å². The third-order valence-corrected chi connectivity index (χ3v) is 7.55. The molecule has 0 fully saturated rings. The maximum atomic E-state index is 6.06. The Morgan fingerprint density at radius 3 is 1.92 bits per heavy atom. The van der Waals surface area contributed by atoms with Crippen molar-refractivity contribution < 1.29 is 17.9 Å². The molecule has 0 nitrogen and oxygen atoms in total. The Kier molecular flexibility index (Phi) is 3.26. The van der Waals surface area contributed by atoms with Gasteiger partial charge in [0.2, 0.25) is 0 Å². The Bertz CT molecular complexity index is 280. The molecule has 0 aromatic heterocycles. The molecular formula is C11H12ClTi. The van der Waals surface area contributed by atoms with Crippen molar-refractivity contribution in [3.05, 3.63) is 44.2 Å². The fourth-order valence-corrected chi connectivity index (χ4v) is 6.38. The normalized spacial score (nSPS) is 19.2. The molecule has 0 spiro atoms. The number of hydrogen-bond donors (Lipinski definition) is 0. The first-order valence-electron chi connectivity index (χ1n) is 4.56. The van der Waals surface area contributed by atoms with E-state index in [1.807, 2.05) is 0 Å². The van der Waals surface area contributed by atoms with Crippen LogP contribution < -0.4 is 0 Å². The molecule has 2 heteroatoms. The molecule has 0 saturated carbocycles. The Morgan fingerprint density at radius 2 is 1.62 bits per heavy atom. The molecule has 2 rings (SSSR count). The van der Waals surface area contributed by atoms with Crippen LogP contribution in [0.2, 0.25) is 0 Å². The van der Waals surface area contributed by atoms with Gasteiger partial charge in [-0.2, -0.15) is 0 Å². The summed E-state index contributed by atoms with van der Waals surface area (Å²) in [4.78, 5) is 0. The molecule has 0 amide bonds. The zero-order valence-electron chi connectivity index (χ0n) is 7.46. The van der Waals surface area contributed by atoms with Crippen LogP contribution in [-0.2, 0) is 17.9 Å². The monoisotopic (exact) mass is 227 g/mol. The quantitative estimate of drug-likeness (QED) is 0.511. The van der Waals surface area contributed by atoms with Crippen LogP contribution in [0.15, 0.2) is 44.2 Å². The minimum absolute atomic E-state index is 0.876. The first kappa shape index (κ1) is 9.52. The van der Waals surface area contributed by atoms with Gasteiger partial charge in [-0.05, 0) is 0 Å². The van der Waals surface area contributed by atoms with Gasteiger partial charge in [0, 0.05) is 0 Å². The summed E-state index contributed by atoms with van der Waals surface area (Å²) in [7, 11) is 0. The van der Waals surface area contributed by atoms with E-state index in [1.54, 1.807) is 7.76 Å². The average Bonchev–Trinajstić information content (AvgIpc) is 2.76. The molecule has 0 atom stereocenters. The van der Waals surface area contributed by atoms with Gasteiger partial charge >= 0.3 is 90.7 Å². The Labute approximate surface area is 90.5 Å². The van der Waals surface area contributed by atoms with Crippen molar-refractivity contribution in [1.82, 2.24) is 0 Å². The molecule has 0 saturated heterocycles. The van der Waals surface area contributed by atoms with Gasteiger partial charge in [0.15, 0.2) is 0 Å². The third kappa shape index (κ3) is 2.07. The van der Waals surface area contributed by atoms with E-state index >= 15 is 0 Å². The van der Waals surface area contributed by atoms with E-state index in [9.17, 15) is 0 Å². The van der Waals surface area contributed by atoms with Gasteiger partial charge in [-0.25, -0.2) is 0 Å². The zero-order chi connectivity index (χ0) is 9.10. The Balaban J connectivity index is 2.09. The summed E-state index contributed by atoms with van der Waals surface area (Å²) < 4.78 is 4.14. The first-order valence-corrected chi connectivity index (χ1v) is 7.76. The van der Waals surface area contributed by atoms with Crippen molar-refractivity contribution >= 4 is 11.6 Å². The van der Waals surface area contributed by atoms with Gasteiger partial charge < -0.3 is 0 Å². The maximum absolute atomic E-state index is 6.06. The first-order chi connectivity index (χ1) is 6.42. The molecule has 0 unspecified atom stereocenters. The number of halogens is 1. The molecule has 13 heavy (non-hydrogen) atoms. The summed E-state index contributed by atoms with van der Waals surface area (Å²) >= 11 is 4.83. The second kappa shape index (κ2) is 4.46. The molecule has 0 heterocycles. The predicted octanol–water partition coefficient (Wildman–Crippen LogP) is 3.49. The zero-order valence-corrected chi connectivity index (χ0v) is 9.78. The second-order valence-corrected chi connectivity index (χ2v) is 8.28. The molecule has 0 aromatic carbocycles. The molecule has 0 aromatic rings. The standard InChI is InChI=1S/2C5H5.CH2Cl.Ti/c2*1-2-4-5-3-1;1-2;/h2*1-3H,4H2;1H2;.